The predicted octanol–water partition coefficient (Wildman–Crippen LogP) is -0.272. The molecule has 0 atom stereocenters. The highest BCUT2D eigenvalue weighted by atomic mass is 16.7. The van der Waals surface area contributed by atoms with Gasteiger partial charge in [-0.3, -0.25) is 4.84 Å². The average Bonchev–Trinajstić information content (AvgIpc) is 2.17. The molecule has 0 aromatic heterocycles. The van der Waals surface area contributed by atoms with E-state index in [1.807, 2.05) is 5.48 Å². The van der Waals surface area contributed by atoms with Crippen LogP contribution in [0.1, 0.15) is 12.8 Å². The summed E-state index contributed by atoms with van der Waals surface area (Å²) in [6.45, 7) is 0.585. The number of unbranched alkanes of at least 4 members (excludes halogenated alkanes) is 1. The van der Waals surface area contributed by atoms with Gasteiger partial charge in [0, 0.05) is 20.3 Å². The molecule has 0 saturated heterocycles. The summed E-state index contributed by atoms with van der Waals surface area (Å²) in [6, 6.07) is -0.548. The number of carbonyl (C=O) groups is 2. The molecule has 0 bridgehead atoms. The van der Waals surface area contributed by atoms with Gasteiger partial charge in [0.1, 0.15) is 0 Å². The van der Waals surface area contributed by atoms with Gasteiger partial charge in [-0.05, 0) is 12.8 Å². The van der Waals surface area contributed by atoms with Gasteiger partial charge >= 0.3 is 12.0 Å². The molecule has 0 spiro atoms. The zero-order chi connectivity index (χ0) is 11.5. The second kappa shape index (κ2) is 9.22. The Morgan fingerprint density at radius 2 is 2.07 bits per heavy atom. The number of hydrogen-bond donors (Lipinski definition) is 3. The van der Waals surface area contributed by atoms with Gasteiger partial charge in [-0.1, -0.05) is 0 Å². The number of carboxylic acid groups (broad SMARTS) is 1. The molecule has 88 valence electrons. The van der Waals surface area contributed by atoms with Crippen molar-refractivity contribution in [2.24, 2.45) is 0 Å². The number of urea groups is 1. The fourth-order valence-corrected chi connectivity index (χ4v) is 0.773. The third-order valence-corrected chi connectivity index (χ3v) is 1.42. The van der Waals surface area contributed by atoms with Crippen LogP contribution in [0.4, 0.5) is 4.79 Å². The highest BCUT2D eigenvalue weighted by Gasteiger charge is 2.01. The first-order valence-electron chi connectivity index (χ1n) is 4.53. The van der Waals surface area contributed by atoms with Crippen LogP contribution in [0.5, 0.6) is 0 Å². The van der Waals surface area contributed by atoms with E-state index >= 15 is 0 Å². The molecule has 0 aromatic carbocycles. The van der Waals surface area contributed by atoms with E-state index in [0.717, 1.165) is 12.8 Å². The Kier molecular flexibility index (Phi) is 8.40. The van der Waals surface area contributed by atoms with Gasteiger partial charge in [0.15, 0.2) is 6.61 Å². The van der Waals surface area contributed by atoms with Crippen LogP contribution < -0.4 is 10.8 Å². The second-order valence-electron chi connectivity index (χ2n) is 2.74. The summed E-state index contributed by atoms with van der Waals surface area (Å²) in [6.07, 6.45) is 1.65. The molecular formula is C8H16N2O5. The Morgan fingerprint density at radius 1 is 1.33 bits per heavy atom. The SMILES string of the molecule is COCCCCNC(=O)NOCC(=O)O. The van der Waals surface area contributed by atoms with E-state index in [1.165, 1.54) is 0 Å². The van der Waals surface area contributed by atoms with Crippen LogP contribution in [0.15, 0.2) is 0 Å². The Balaban J connectivity index is 3.22. The van der Waals surface area contributed by atoms with E-state index in [0.29, 0.717) is 13.2 Å². The fourth-order valence-electron chi connectivity index (χ4n) is 0.773. The molecule has 0 radical (unpaired) electrons. The molecule has 0 aliphatic carbocycles. The largest absolute Gasteiger partial charge is 0.479 e. The highest BCUT2D eigenvalue weighted by molar-refractivity contribution is 5.73. The number of carbonyl (C=O) groups excluding carboxylic acids is 1. The number of rotatable bonds is 8. The Bertz CT molecular complexity index is 197. The molecule has 3 N–H and O–H groups in total. The monoisotopic (exact) mass is 220 g/mol. The van der Waals surface area contributed by atoms with E-state index < -0.39 is 18.6 Å². The first-order chi connectivity index (χ1) is 7.16. The van der Waals surface area contributed by atoms with Gasteiger partial charge in [0.2, 0.25) is 0 Å². The van der Waals surface area contributed by atoms with Crippen LogP contribution in [0.2, 0.25) is 0 Å². The van der Waals surface area contributed by atoms with Crippen LogP contribution in [-0.2, 0) is 14.4 Å². The molecule has 0 heterocycles. The topological polar surface area (TPSA) is 96.9 Å². The van der Waals surface area contributed by atoms with E-state index in [4.69, 9.17) is 9.84 Å². The van der Waals surface area contributed by atoms with Crippen molar-refractivity contribution in [2.45, 2.75) is 12.8 Å². The van der Waals surface area contributed by atoms with Gasteiger partial charge in [-0.25, -0.2) is 15.1 Å². The molecule has 0 aliphatic heterocycles. The minimum atomic E-state index is -1.14. The molecule has 7 nitrogen and oxygen atoms in total. The number of methoxy groups -OCH3 is 1. The lowest BCUT2D eigenvalue weighted by molar-refractivity contribution is -0.144. The third kappa shape index (κ3) is 10.6. The molecule has 0 aromatic rings. The molecule has 2 amide bonds. The van der Waals surface area contributed by atoms with Crippen molar-refractivity contribution >= 4 is 12.0 Å². The minimum Gasteiger partial charge on any atom is -0.479 e. The predicted molar refractivity (Wildman–Crippen MR) is 51.2 cm³/mol. The van der Waals surface area contributed by atoms with Gasteiger partial charge in [-0.15, -0.1) is 0 Å². The summed E-state index contributed by atoms with van der Waals surface area (Å²) in [5, 5.41) is 10.7. The average molecular weight is 220 g/mol. The van der Waals surface area contributed by atoms with Crippen LogP contribution in [0.3, 0.4) is 0 Å². The molecule has 0 aliphatic rings. The van der Waals surface area contributed by atoms with Crippen molar-refractivity contribution < 1.29 is 24.3 Å². The third-order valence-electron chi connectivity index (χ3n) is 1.42. The second-order valence-corrected chi connectivity index (χ2v) is 2.74. The van der Waals surface area contributed by atoms with Crippen molar-refractivity contribution in [1.82, 2.24) is 10.8 Å². The lowest BCUT2D eigenvalue weighted by Crippen LogP contribution is -2.37. The Labute approximate surface area is 87.7 Å². The molecular weight excluding hydrogens is 204 g/mol. The first-order valence-corrected chi connectivity index (χ1v) is 4.53. The Hall–Kier alpha value is -1.34. The van der Waals surface area contributed by atoms with Gasteiger partial charge in [-0.2, -0.15) is 0 Å². The highest BCUT2D eigenvalue weighted by Crippen LogP contribution is 1.86. The zero-order valence-corrected chi connectivity index (χ0v) is 8.62. The first kappa shape index (κ1) is 13.7. The van der Waals surface area contributed by atoms with Crippen LogP contribution in [-0.4, -0.2) is 44.0 Å². The maximum atomic E-state index is 10.9. The van der Waals surface area contributed by atoms with Crippen molar-refractivity contribution in [1.29, 1.82) is 0 Å². The molecule has 0 unspecified atom stereocenters. The Morgan fingerprint density at radius 3 is 2.67 bits per heavy atom. The normalized spacial score (nSPS) is 9.67. The van der Waals surface area contributed by atoms with Gasteiger partial charge in [0.25, 0.3) is 0 Å². The van der Waals surface area contributed by atoms with E-state index in [2.05, 4.69) is 10.2 Å². The summed E-state index contributed by atoms with van der Waals surface area (Å²) in [5.41, 5.74) is 1.94. The number of hydroxylamine groups is 1. The zero-order valence-electron chi connectivity index (χ0n) is 8.62. The van der Waals surface area contributed by atoms with Gasteiger partial charge in [0.05, 0.1) is 0 Å². The summed E-state index contributed by atoms with van der Waals surface area (Å²) in [4.78, 5) is 25.2. The van der Waals surface area contributed by atoms with Crippen molar-refractivity contribution in [2.75, 3.05) is 26.9 Å². The van der Waals surface area contributed by atoms with E-state index in [9.17, 15) is 9.59 Å². The van der Waals surface area contributed by atoms with Crippen LogP contribution in [0.25, 0.3) is 0 Å². The lowest BCUT2D eigenvalue weighted by atomic mass is 10.3. The molecule has 7 heteroatoms. The summed E-state index contributed by atoms with van der Waals surface area (Å²) in [7, 11) is 1.61. The fraction of sp³-hybridized carbons (Fsp3) is 0.750. The van der Waals surface area contributed by atoms with Crippen LogP contribution >= 0.6 is 0 Å². The van der Waals surface area contributed by atoms with E-state index in [1.54, 1.807) is 7.11 Å². The van der Waals surface area contributed by atoms with Crippen molar-refractivity contribution in [3.63, 3.8) is 0 Å². The maximum Gasteiger partial charge on any atom is 0.338 e. The van der Waals surface area contributed by atoms with Crippen molar-refractivity contribution in [3.05, 3.63) is 0 Å². The molecule has 15 heavy (non-hydrogen) atoms. The standard InChI is InChI=1S/C8H16N2O5/c1-14-5-3-2-4-9-8(13)10-15-6-7(11)12/h2-6H2,1H3,(H,11,12)(H2,9,10,13). The quantitative estimate of drug-likeness (QED) is 0.386. The number of aliphatic carboxylic acids is 1. The summed E-state index contributed by atoms with van der Waals surface area (Å²) in [5.74, 6) is -1.14. The van der Waals surface area contributed by atoms with Gasteiger partial charge < -0.3 is 15.2 Å². The number of hydrogen-bond acceptors (Lipinski definition) is 4. The number of amides is 2. The molecule has 0 saturated carbocycles. The number of carboxylic acids is 1. The summed E-state index contributed by atoms with van der Waals surface area (Å²) < 4.78 is 4.82. The van der Waals surface area contributed by atoms with Crippen molar-refractivity contribution in [3.8, 4) is 0 Å². The molecule has 0 rings (SSSR count). The van der Waals surface area contributed by atoms with Crippen LogP contribution in [0, 0.1) is 0 Å². The summed E-state index contributed by atoms with van der Waals surface area (Å²) >= 11 is 0. The lowest BCUT2D eigenvalue weighted by Gasteiger charge is -2.05. The smallest absolute Gasteiger partial charge is 0.338 e. The molecule has 0 fully saturated rings. The maximum absolute atomic E-state index is 10.9. The minimum absolute atomic E-state index is 0.492. The number of ether oxygens (including phenoxy) is 1. The number of nitrogens with one attached hydrogen (secondary N) is 2. The van der Waals surface area contributed by atoms with E-state index in [-0.39, 0.29) is 0 Å².